The molecule has 5 heteroatoms. The smallest absolute Gasteiger partial charge is 0.355 e. The number of aryl methyl sites for hydroxylation is 1. The summed E-state index contributed by atoms with van der Waals surface area (Å²) >= 11 is 3.31. The first-order valence-corrected chi connectivity index (χ1v) is 7.39. The summed E-state index contributed by atoms with van der Waals surface area (Å²) in [6.45, 7) is 2.23. The van der Waals surface area contributed by atoms with Crippen LogP contribution in [0.5, 0.6) is 0 Å². The van der Waals surface area contributed by atoms with E-state index in [1.807, 2.05) is 31.2 Å². The molecule has 0 spiro atoms. The van der Waals surface area contributed by atoms with Crippen molar-refractivity contribution < 1.29 is 14.3 Å². The van der Waals surface area contributed by atoms with E-state index in [4.69, 9.17) is 4.74 Å². The number of fused-ring (bicyclic) bond motifs is 1. The van der Waals surface area contributed by atoms with Gasteiger partial charge in [0.25, 0.3) is 0 Å². The van der Waals surface area contributed by atoms with E-state index in [0.717, 1.165) is 11.1 Å². The Hall–Kier alpha value is -1.62. The summed E-state index contributed by atoms with van der Waals surface area (Å²) in [6, 6.07) is 7.88. The van der Waals surface area contributed by atoms with Crippen molar-refractivity contribution in [2.24, 2.45) is 0 Å². The molecule has 1 aromatic carbocycles. The second-order valence-corrected chi connectivity index (χ2v) is 6.05. The average molecular weight is 336 g/mol. The van der Waals surface area contributed by atoms with E-state index in [1.165, 1.54) is 4.90 Å². The van der Waals surface area contributed by atoms with Crippen molar-refractivity contribution >= 4 is 27.8 Å². The molecule has 0 N–H and O–H groups in total. The number of ether oxygens (including phenoxy) is 1. The highest BCUT2D eigenvalue weighted by atomic mass is 79.9. The first-order chi connectivity index (χ1) is 9.58. The second kappa shape index (κ2) is 5.05. The van der Waals surface area contributed by atoms with E-state index < -0.39 is 5.97 Å². The van der Waals surface area contributed by atoms with Crippen LogP contribution in [0.2, 0.25) is 0 Å². The number of halogens is 1. The van der Waals surface area contributed by atoms with Gasteiger partial charge in [-0.2, -0.15) is 0 Å². The van der Waals surface area contributed by atoms with Gasteiger partial charge >= 0.3 is 5.97 Å². The molecule has 0 saturated carbocycles. The fourth-order valence-electron chi connectivity index (χ4n) is 2.45. The lowest BCUT2D eigenvalue weighted by molar-refractivity contribution is -0.150. The molecule has 2 heterocycles. The van der Waals surface area contributed by atoms with Gasteiger partial charge in [-0.15, -0.1) is 0 Å². The largest absolute Gasteiger partial charge is 0.456 e. The topological polar surface area (TPSA) is 46.6 Å². The van der Waals surface area contributed by atoms with Crippen molar-refractivity contribution in [2.75, 3.05) is 0 Å². The number of carbonyl (C=O) groups excluding carboxylic acids is 2. The fourth-order valence-corrected chi connectivity index (χ4v) is 3.12. The van der Waals surface area contributed by atoms with Crippen LogP contribution in [0.25, 0.3) is 0 Å². The molecule has 0 aliphatic carbocycles. The van der Waals surface area contributed by atoms with Crippen LogP contribution in [0.1, 0.15) is 17.5 Å². The fraction of sp³-hybridized carbons (Fsp3) is 0.333. The molecule has 1 aromatic rings. The van der Waals surface area contributed by atoms with E-state index >= 15 is 0 Å². The summed E-state index contributed by atoms with van der Waals surface area (Å²) in [6.07, 6.45) is 2.48. The molecule has 1 fully saturated rings. The summed E-state index contributed by atoms with van der Waals surface area (Å²) in [5, 5.41) is 0. The van der Waals surface area contributed by atoms with Gasteiger partial charge in [0, 0.05) is 0 Å². The lowest BCUT2D eigenvalue weighted by Crippen LogP contribution is -2.59. The third-order valence-electron chi connectivity index (χ3n) is 3.65. The van der Waals surface area contributed by atoms with E-state index in [9.17, 15) is 9.59 Å². The van der Waals surface area contributed by atoms with E-state index in [-0.39, 0.29) is 23.4 Å². The third kappa shape index (κ3) is 2.16. The molecule has 0 bridgehead atoms. The Morgan fingerprint density at radius 2 is 2.10 bits per heavy atom. The molecule has 1 amide bonds. The number of rotatable bonds is 3. The van der Waals surface area contributed by atoms with Crippen LogP contribution in [0.3, 0.4) is 0 Å². The zero-order valence-corrected chi connectivity index (χ0v) is 12.6. The van der Waals surface area contributed by atoms with Crippen molar-refractivity contribution in [3.05, 3.63) is 47.2 Å². The lowest BCUT2D eigenvalue weighted by atomic mass is 10.0. The summed E-state index contributed by atoms with van der Waals surface area (Å²) in [4.78, 5) is 25.1. The van der Waals surface area contributed by atoms with Crippen LogP contribution in [0, 0.1) is 6.92 Å². The predicted octanol–water partition coefficient (Wildman–Crippen LogP) is 2.30. The number of nitrogens with zero attached hydrogens (tertiary/aromatic N) is 1. The van der Waals surface area contributed by atoms with Crippen molar-refractivity contribution in [3.63, 3.8) is 0 Å². The van der Waals surface area contributed by atoms with Gasteiger partial charge in [0.05, 0.1) is 6.04 Å². The first kappa shape index (κ1) is 13.4. The number of amides is 1. The normalized spacial score (nSPS) is 24.0. The first-order valence-electron chi connectivity index (χ1n) is 6.48. The molecule has 104 valence electrons. The van der Waals surface area contributed by atoms with E-state index in [2.05, 4.69) is 15.9 Å². The Bertz CT molecular complexity index is 594. The van der Waals surface area contributed by atoms with Crippen molar-refractivity contribution in [1.82, 2.24) is 4.90 Å². The molecule has 1 saturated heterocycles. The highest BCUT2D eigenvalue weighted by molar-refractivity contribution is 9.10. The minimum absolute atomic E-state index is 0.0639. The number of carbonyl (C=O) groups is 2. The van der Waals surface area contributed by atoms with Crippen molar-refractivity contribution in [1.29, 1.82) is 0 Å². The summed E-state index contributed by atoms with van der Waals surface area (Å²) in [5.41, 5.74) is 2.48. The molecule has 2 atom stereocenters. The molecule has 2 aliphatic rings. The van der Waals surface area contributed by atoms with Crippen LogP contribution in [-0.4, -0.2) is 27.6 Å². The molecular weight excluding hydrogens is 322 g/mol. The van der Waals surface area contributed by atoms with Crippen LogP contribution < -0.4 is 0 Å². The van der Waals surface area contributed by atoms with Gasteiger partial charge < -0.3 is 9.64 Å². The van der Waals surface area contributed by atoms with Gasteiger partial charge in [-0.3, -0.25) is 4.79 Å². The predicted molar refractivity (Wildman–Crippen MR) is 77.0 cm³/mol. The number of β-lactam (4-membered cyclic amide) rings is 1. The van der Waals surface area contributed by atoms with Crippen LogP contribution in [-0.2, 0) is 20.9 Å². The Kier molecular flexibility index (Phi) is 3.38. The summed E-state index contributed by atoms with van der Waals surface area (Å²) in [7, 11) is 0. The summed E-state index contributed by atoms with van der Waals surface area (Å²) < 4.78 is 5.27. The standard InChI is InChI=1S/C15H14BrNO3/c1-9-2-4-10(5-3-9)8-20-15(19)12-7-6-11-13(16)14(18)17(11)12/h2-5,7,11,13H,6,8H2,1H3. The molecular formula is C15H14BrNO3. The number of benzene rings is 1. The Morgan fingerprint density at radius 1 is 1.40 bits per heavy atom. The van der Waals surface area contributed by atoms with Gasteiger partial charge in [-0.05, 0) is 18.9 Å². The molecule has 20 heavy (non-hydrogen) atoms. The monoisotopic (exact) mass is 335 g/mol. The molecule has 0 radical (unpaired) electrons. The van der Waals surface area contributed by atoms with Crippen molar-refractivity contribution in [2.45, 2.75) is 30.8 Å². The van der Waals surface area contributed by atoms with E-state index in [0.29, 0.717) is 12.1 Å². The number of esters is 1. The Labute approximate surface area is 125 Å². The number of hydrogen-bond acceptors (Lipinski definition) is 3. The van der Waals surface area contributed by atoms with Crippen LogP contribution >= 0.6 is 15.9 Å². The second-order valence-electron chi connectivity index (χ2n) is 5.06. The maximum Gasteiger partial charge on any atom is 0.355 e. The van der Waals surface area contributed by atoms with Gasteiger partial charge in [0.15, 0.2) is 0 Å². The average Bonchev–Trinajstić information content (AvgIpc) is 2.87. The quantitative estimate of drug-likeness (QED) is 0.483. The number of hydrogen-bond donors (Lipinski definition) is 0. The third-order valence-corrected chi connectivity index (χ3v) is 4.66. The minimum Gasteiger partial charge on any atom is -0.456 e. The lowest BCUT2D eigenvalue weighted by Gasteiger charge is -2.40. The Morgan fingerprint density at radius 3 is 2.80 bits per heavy atom. The molecule has 3 rings (SSSR count). The minimum atomic E-state index is -0.430. The highest BCUT2D eigenvalue weighted by Crippen LogP contribution is 2.38. The van der Waals surface area contributed by atoms with Gasteiger partial charge in [0.1, 0.15) is 17.1 Å². The molecule has 2 unspecified atom stereocenters. The van der Waals surface area contributed by atoms with Gasteiger partial charge in [0.2, 0.25) is 5.91 Å². The van der Waals surface area contributed by atoms with Gasteiger partial charge in [-0.1, -0.05) is 51.8 Å². The Balaban J connectivity index is 1.60. The maximum atomic E-state index is 12.0. The zero-order valence-electron chi connectivity index (χ0n) is 11.0. The molecule has 0 aromatic heterocycles. The zero-order chi connectivity index (χ0) is 14.3. The van der Waals surface area contributed by atoms with E-state index in [1.54, 1.807) is 6.08 Å². The van der Waals surface area contributed by atoms with Crippen molar-refractivity contribution in [3.8, 4) is 0 Å². The molecule has 2 aliphatic heterocycles. The van der Waals surface area contributed by atoms with Gasteiger partial charge in [-0.25, -0.2) is 4.79 Å². The SMILES string of the molecule is Cc1ccc(COC(=O)C2=CCC3C(Br)C(=O)N23)cc1. The number of alkyl halides is 1. The summed E-state index contributed by atoms with van der Waals surface area (Å²) in [5.74, 6) is -0.494. The van der Waals surface area contributed by atoms with Crippen LogP contribution in [0.4, 0.5) is 0 Å². The molecule has 4 nitrogen and oxygen atoms in total. The van der Waals surface area contributed by atoms with Crippen LogP contribution in [0.15, 0.2) is 36.0 Å². The highest BCUT2D eigenvalue weighted by Gasteiger charge is 2.51. The maximum absolute atomic E-state index is 12.0.